The van der Waals surface area contributed by atoms with Gasteiger partial charge in [-0.05, 0) is 12.1 Å². The number of nitrogens with zero attached hydrogens (tertiary/aromatic N) is 1. The number of hydrogen-bond donors (Lipinski definition) is 1. The van der Waals surface area contributed by atoms with Gasteiger partial charge in [-0.15, -0.1) is 0 Å². The summed E-state index contributed by atoms with van der Waals surface area (Å²) in [6, 6.07) is 5.94. The zero-order valence-electron chi connectivity index (χ0n) is 7.29. The maximum Gasteiger partial charge on any atom is 0.0961 e. The second-order valence-corrected chi connectivity index (χ2v) is 2.50. The van der Waals surface area contributed by atoms with E-state index < -0.39 is 0 Å². The molecule has 0 spiro atoms. The molecule has 1 rings (SSSR count). The summed E-state index contributed by atoms with van der Waals surface area (Å²) in [7, 11) is 1.67. The van der Waals surface area contributed by atoms with E-state index in [4.69, 9.17) is 4.74 Å². The second-order valence-electron chi connectivity index (χ2n) is 2.50. The molecule has 0 atom stereocenters. The lowest BCUT2D eigenvalue weighted by atomic mass is 10.3. The number of ether oxygens (including phenoxy) is 1. The van der Waals surface area contributed by atoms with Crippen LogP contribution in [-0.2, 0) is 11.2 Å². The number of hydrogen-bond acceptors (Lipinski definition) is 3. The number of methoxy groups -OCH3 is 1. The van der Waals surface area contributed by atoms with Gasteiger partial charge in [0.1, 0.15) is 0 Å². The highest BCUT2D eigenvalue weighted by Gasteiger charge is 1.90. The number of nitrogens with one attached hydrogen (secondary N) is 1. The summed E-state index contributed by atoms with van der Waals surface area (Å²) in [5.74, 6) is 0. The molecule has 0 fully saturated rings. The third-order valence-electron chi connectivity index (χ3n) is 1.53. The quantitative estimate of drug-likeness (QED) is 0.519. The Morgan fingerprint density at radius 2 is 2.42 bits per heavy atom. The van der Waals surface area contributed by atoms with Crippen LogP contribution >= 0.6 is 0 Å². The fourth-order valence-electron chi connectivity index (χ4n) is 0.937. The van der Waals surface area contributed by atoms with Crippen LogP contribution in [-0.4, -0.2) is 25.4 Å². The Balaban J connectivity index is 2.16. The lowest BCUT2D eigenvalue weighted by Gasteiger charge is -2.01. The van der Waals surface area contributed by atoms with Crippen LogP contribution in [0, 0.1) is 0 Å². The van der Waals surface area contributed by atoms with Crippen LogP contribution < -0.4 is 5.32 Å². The van der Waals surface area contributed by atoms with E-state index >= 15 is 0 Å². The maximum absolute atomic E-state index is 4.85. The van der Waals surface area contributed by atoms with E-state index in [0.717, 1.165) is 18.7 Å². The first-order valence-corrected chi connectivity index (χ1v) is 4.03. The average Bonchev–Trinajstić information content (AvgIpc) is 2.14. The zero-order chi connectivity index (χ0) is 8.65. The summed E-state index contributed by atoms with van der Waals surface area (Å²) in [4.78, 5) is 4.20. The van der Waals surface area contributed by atoms with E-state index in [0.29, 0.717) is 6.73 Å². The molecule has 12 heavy (non-hydrogen) atoms. The van der Waals surface area contributed by atoms with E-state index in [-0.39, 0.29) is 0 Å². The lowest BCUT2D eigenvalue weighted by molar-refractivity contribution is 0.176. The maximum atomic E-state index is 4.85. The van der Waals surface area contributed by atoms with Gasteiger partial charge >= 0.3 is 0 Å². The van der Waals surface area contributed by atoms with Gasteiger partial charge in [0, 0.05) is 32.0 Å². The zero-order valence-corrected chi connectivity index (χ0v) is 7.29. The van der Waals surface area contributed by atoms with Crippen molar-refractivity contribution in [1.29, 1.82) is 0 Å². The van der Waals surface area contributed by atoms with Gasteiger partial charge in [0.15, 0.2) is 0 Å². The highest BCUT2D eigenvalue weighted by Crippen LogP contribution is 1.92. The number of aromatic nitrogens is 1. The second kappa shape index (κ2) is 5.69. The monoisotopic (exact) mass is 166 g/mol. The Bertz CT molecular complexity index is 201. The Morgan fingerprint density at radius 3 is 3.08 bits per heavy atom. The van der Waals surface area contributed by atoms with Crippen molar-refractivity contribution in [3.05, 3.63) is 30.1 Å². The van der Waals surface area contributed by atoms with E-state index in [2.05, 4.69) is 10.3 Å². The van der Waals surface area contributed by atoms with Crippen LogP contribution in [0.4, 0.5) is 0 Å². The first-order chi connectivity index (χ1) is 5.93. The predicted octanol–water partition coefficient (Wildman–Crippen LogP) is 0.818. The molecule has 1 aromatic rings. The van der Waals surface area contributed by atoms with Crippen molar-refractivity contribution < 1.29 is 4.74 Å². The lowest BCUT2D eigenvalue weighted by Crippen LogP contribution is -2.19. The SMILES string of the molecule is COCNCCc1ccccn1. The molecule has 0 unspecified atom stereocenters. The third-order valence-corrected chi connectivity index (χ3v) is 1.53. The van der Waals surface area contributed by atoms with Gasteiger partial charge in [0.2, 0.25) is 0 Å². The smallest absolute Gasteiger partial charge is 0.0961 e. The Labute approximate surface area is 72.8 Å². The Kier molecular flexibility index (Phi) is 4.34. The predicted molar refractivity (Wildman–Crippen MR) is 47.8 cm³/mol. The standard InChI is InChI=1S/C9H14N2O/c1-12-8-10-7-5-9-4-2-3-6-11-9/h2-4,6,10H,5,7-8H2,1H3. The molecule has 0 saturated carbocycles. The summed E-state index contributed by atoms with van der Waals surface area (Å²) in [6.45, 7) is 1.51. The van der Waals surface area contributed by atoms with E-state index in [1.165, 1.54) is 0 Å². The van der Waals surface area contributed by atoms with Gasteiger partial charge in [-0.3, -0.25) is 10.3 Å². The first-order valence-electron chi connectivity index (χ1n) is 4.03. The third kappa shape index (κ3) is 3.46. The molecule has 1 aromatic heterocycles. The van der Waals surface area contributed by atoms with Crippen LogP contribution in [0.1, 0.15) is 5.69 Å². The molecule has 1 heterocycles. The van der Waals surface area contributed by atoms with Crippen molar-refractivity contribution in [2.45, 2.75) is 6.42 Å². The van der Waals surface area contributed by atoms with Gasteiger partial charge in [-0.2, -0.15) is 0 Å². The van der Waals surface area contributed by atoms with Crippen LogP contribution in [0.2, 0.25) is 0 Å². The van der Waals surface area contributed by atoms with Gasteiger partial charge in [0.05, 0.1) is 6.73 Å². The van der Waals surface area contributed by atoms with Crippen LogP contribution in [0.3, 0.4) is 0 Å². The molecular formula is C9H14N2O. The largest absolute Gasteiger partial charge is 0.370 e. The fourth-order valence-corrected chi connectivity index (χ4v) is 0.937. The van der Waals surface area contributed by atoms with Crippen LogP contribution in [0.15, 0.2) is 24.4 Å². The number of rotatable bonds is 5. The highest BCUT2D eigenvalue weighted by atomic mass is 16.5. The molecule has 0 aromatic carbocycles. The van der Waals surface area contributed by atoms with Crippen LogP contribution in [0.25, 0.3) is 0 Å². The topological polar surface area (TPSA) is 34.1 Å². The molecular weight excluding hydrogens is 152 g/mol. The van der Waals surface area contributed by atoms with E-state index in [1.54, 1.807) is 7.11 Å². The molecule has 0 saturated heterocycles. The Hall–Kier alpha value is -0.930. The van der Waals surface area contributed by atoms with Crippen molar-refractivity contribution in [3.8, 4) is 0 Å². The fraction of sp³-hybridized carbons (Fsp3) is 0.444. The van der Waals surface area contributed by atoms with Crippen molar-refractivity contribution in [3.63, 3.8) is 0 Å². The average molecular weight is 166 g/mol. The summed E-state index contributed by atoms with van der Waals surface area (Å²) >= 11 is 0. The molecule has 0 aliphatic heterocycles. The molecule has 1 N–H and O–H groups in total. The molecule has 0 bridgehead atoms. The minimum absolute atomic E-state index is 0.604. The van der Waals surface area contributed by atoms with Crippen molar-refractivity contribution in [2.75, 3.05) is 20.4 Å². The number of pyridine rings is 1. The minimum atomic E-state index is 0.604. The molecule has 0 aliphatic rings. The van der Waals surface area contributed by atoms with Crippen LogP contribution in [0.5, 0.6) is 0 Å². The molecule has 66 valence electrons. The van der Waals surface area contributed by atoms with Gasteiger partial charge < -0.3 is 4.74 Å². The molecule has 0 aliphatic carbocycles. The van der Waals surface area contributed by atoms with E-state index in [1.807, 2.05) is 24.4 Å². The molecule has 3 heteroatoms. The van der Waals surface area contributed by atoms with Gasteiger partial charge in [-0.1, -0.05) is 6.07 Å². The van der Waals surface area contributed by atoms with E-state index in [9.17, 15) is 0 Å². The first kappa shape index (κ1) is 9.16. The summed E-state index contributed by atoms with van der Waals surface area (Å²) in [5.41, 5.74) is 1.11. The normalized spacial score (nSPS) is 10.1. The van der Waals surface area contributed by atoms with Gasteiger partial charge in [-0.25, -0.2) is 0 Å². The van der Waals surface area contributed by atoms with Crippen molar-refractivity contribution in [1.82, 2.24) is 10.3 Å². The summed E-state index contributed by atoms with van der Waals surface area (Å²) < 4.78 is 4.85. The van der Waals surface area contributed by atoms with Crippen molar-refractivity contribution >= 4 is 0 Å². The summed E-state index contributed by atoms with van der Waals surface area (Å²) in [5, 5.41) is 3.12. The Morgan fingerprint density at radius 1 is 1.50 bits per heavy atom. The summed E-state index contributed by atoms with van der Waals surface area (Å²) in [6.07, 6.45) is 2.76. The molecule has 0 radical (unpaired) electrons. The molecule has 0 amide bonds. The molecule has 3 nitrogen and oxygen atoms in total. The van der Waals surface area contributed by atoms with Gasteiger partial charge in [0.25, 0.3) is 0 Å². The van der Waals surface area contributed by atoms with Crippen molar-refractivity contribution in [2.24, 2.45) is 0 Å². The minimum Gasteiger partial charge on any atom is -0.370 e. The highest BCUT2D eigenvalue weighted by molar-refractivity contribution is 5.03.